The van der Waals surface area contributed by atoms with Gasteiger partial charge in [-0.2, -0.15) is 0 Å². The average molecular weight is 272 g/mol. The molecule has 3 heteroatoms. The summed E-state index contributed by atoms with van der Waals surface area (Å²) in [5.41, 5.74) is 0.427. The normalized spacial score (nSPS) is 20.2. The van der Waals surface area contributed by atoms with Crippen molar-refractivity contribution in [2.45, 2.75) is 77.6 Å². The van der Waals surface area contributed by atoms with E-state index >= 15 is 0 Å². The molecule has 1 rings (SSSR count). The van der Waals surface area contributed by atoms with Gasteiger partial charge < -0.3 is 4.90 Å². The van der Waals surface area contributed by atoms with Gasteiger partial charge in [0.15, 0.2) is 0 Å². The monoisotopic (exact) mass is 272 g/mol. The maximum Gasteiger partial charge on any atom is 0.103 e. The summed E-state index contributed by atoms with van der Waals surface area (Å²) in [6.07, 6.45) is 3.19. The first-order chi connectivity index (χ1) is 8.69. The summed E-state index contributed by atoms with van der Waals surface area (Å²) >= 11 is 0. The van der Waals surface area contributed by atoms with Gasteiger partial charge in [-0.15, -0.1) is 0 Å². The van der Waals surface area contributed by atoms with Crippen LogP contribution < -0.4 is 0 Å². The van der Waals surface area contributed by atoms with Crippen molar-refractivity contribution in [3.63, 3.8) is 0 Å². The summed E-state index contributed by atoms with van der Waals surface area (Å²) in [5.74, 6) is 0. The molecule has 0 unspecified atom stereocenters. The minimum atomic E-state index is -0.574. The second-order valence-electron chi connectivity index (χ2n) is 7.30. The molecule has 0 bridgehead atoms. The van der Waals surface area contributed by atoms with Crippen molar-refractivity contribution in [3.05, 3.63) is 0 Å². The van der Waals surface area contributed by atoms with Crippen LogP contribution in [-0.2, 0) is 0 Å². The third-order valence-corrected chi connectivity index (χ3v) is 5.14. The van der Waals surface area contributed by atoms with Crippen molar-refractivity contribution in [3.8, 4) is 0 Å². The quantitative estimate of drug-likeness (QED) is 0.727. The fourth-order valence-electron chi connectivity index (χ4n) is 2.84. The third-order valence-electron chi connectivity index (χ3n) is 5.14. The molecule has 1 heterocycles. The van der Waals surface area contributed by atoms with Gasteiger partial charge >= 0.3 is 0 Å². The van der Waals surface area contributed by atoms with Crippen molar-refractivity contribution < 1.29 is 4.39 Å². The number of hydrogen-bond acceptors (Lipinski definition) is 2. The van der Waals surface area contributed by atoms with Crippen LogP contribution >= 0.6 is 0 Å². The molecule has 2 nitrogen and oxygen atoms in total. The minimum Gasteiger partial charge on any atom is -0.302 e. The van der Waals surface area contributed by atoms with Gasteiger partial charge in [-0.05, 0) is 67.0 Å². The predicted octanol–water partition coefficient (Wildman–Crippen LogP) is 3.71. The molecule has 0 aromatic heterocycles. The fourth-order valence-corrected chi connectivity index (χ4v) is 2.84. The molecule has 1 saturated heterocycles. The zero-order chi connectivity index (χ0) is 14.7. The fraction of sp³-hybridized carbons (Fsp3) is 1.00. The Labute approximate surface area is 119 Å². The van der Waals surface area contributed by atoms with Crippen molar-refractivity contribution in [1.29, 1.82) is 0 Å². The van der Waals surface area contributed by atoms with E-state index < -0.39 is 6.17 Å². The Balaban J connectivity index is 2.50. The zero-order valence-electron chi connectivity index (χ0n) is 13.8. The summed E-state index contributed by atoms with van der Waals surface area (Å²) in [6.45, 7) is 14.4. The first-order valence-corrected chi connectivity index (χ1v) is 7.79. The van der Waals surface area contributed by atoms with Crippen LogP contribution in [0.5, 0.6) is 0 Å². The topological polar surface area (TPSA) is 6.48 Å². The third kappa shape index (κ3) is 4.71. The van der Waals surface area contributed by atoms with Crippen LogP contribution in [0.2, 0.25) is 0 Å². The van der Waals surface area contributed by atoms with Gasteiger partial charge in [0.05, 0.1) is 0 Å². The lowest BCUT2D eigenvalue weighted by Crippen LogP contribution is -2.50. The molecule has 0 atom stereocenters. The smallest absolute Gasteiger partial charge is 0.103 e. The zero-order valence-corrected chi connectivity index (χ0v) is 13.8. The Kier molecular flexibility index (Phi) is 5.81. The molecule has 0 aromatic carbocycles. The highest BCUT2D eigenvalue weighted by Gasteiger charge is 2.33. The standard InChI is InChI=1S/C16H33FN2/c1-7-18(6)15(2,3)10-11-16(4,5)19-12-8-14(17)9-13-19/h14H,7-13H2,1-6H3. The Hall–Kier alpha value is -0.150. The molecule has 0 N–H and O–H groups in total. The average Bonchev–Trinajstić information content (AvgIpc) is 2.36. The number of nitrogens with zero attached hydrogens (tertiary/aromatic N) is 2. The van der Waals surface area contributed by atoms with Gasteiger partial charge in [-0.25, -0.2) is 4.39 Å². The molecule has 1 aliphatic heterocycles. The second kappa shape index (κ2) is 6.53. The molecule has 0 radical (unpaired) electrons. The highest BCUT2D eigenvalue weighted by molar-refractivity contribution is 4.89. The van der Waals surface area contributed by atoms with Crippen LogP contribution in [0.15, 0.2) is 0 Å². The van der Waals surface area contributed by atoms with E-state index in [1.54, 1.807) is 0 Å². The number of alkyl halides is 1. The highest BCUT2D eigenvalue weighted by Crippen LogP contribution is 2.30. The van der Waals surface area contributed by atoms with E-state index in [1.807, 2.05) is 0 Å². The maximum atomic E-state index is 13.2. The first-order valence-electron chi connectivity index (χ1n) is 7.79. The van der Waals surface area contributed by atoms with Gasteiger partial charge in [0.25, 0.3) is 0 Å². The summed E-state index contributed by atoms with van der Waals surface area (Å²) in [7, 11) is 2.20. The molecule has 1 aliphatic rings. The van der Waals surface area contributed by atoms with Gasteiger partial charge in [0, 0.05) is 24.2 Å². The van der Waals surface area contributed by atoms with Crippen LogP contribution in [0.25, 0.3) is 0 Å². The van der Waals surface area contributed by atoms with Crippen LogP contribution in [0, 0.1) is 0 Å². The Bertz CT molecular complexity index is 268. The molecule has 0 aromatic rings. The van der Waals surface area contributed by atoms with Gasteiger partial charge in [-0.1, -0.05) is 6.92 Å². The SMILES string of the molecule is CCN(C)C(C)(C)CCC(C)(C)N1CCC(F)CC1. The van der Waals surface area contributed by atoms with Gasteiger partial charge in [0.1, 0.15) is 6.17 Å². The molecule has 1 fully saturated rings. The van der Waals surface area contributed by atoms with Gasteiger partial charge in [-0.3, -0.25) is 4.90 Å². The Morgan fingerprint density at radius 1 is 1.11 bits per heavy atom. The van der Waals surface area contributed by atoms with E-state index in [0.717, 1.165) is 19.6 Å². The second-order valence-corrected chi connectivity index (χ2v) is 7.30. The van der Waals surface area contributed by atoms with Crippen molar-refractivity contribution in [2.24, 2.45) is 0 Å². The number of halogens is 1. The first kappa shape index (κ1) is 16.9. The Morgan fingerprint density at radius 2 is 1.63 bits per heavy atom. The van der Waals surface area contributed by atoms with Crippen molar-refractivity contribution >= 4 is 0 Å². The highest BCUT2D eigenvalue weighted by atomic mass is 19.1. The lowest BCUT2D eigenvalue weighted by Gasteiger charge is -2.44. The van der Waals surface area contributed by atoms with E-state index in [2.05, 4.69) is 51.5 Å². The molecule has 0 aliphatic carbocycles. The predicted molar refractivity (Wildman–Crippen MR) is 81.4 cm³/mol. The number of rotatable bonds is 6. The molecular weight excluding hydrogens is 239 g/mol. The van der Waals surface area contributed by atoms with E-state index in [4.69, 9.17) is 0 Å². The molecule has 0 amide bonds. The summed E-state index contributed by atoms with van der Waals surface area (Å²) in [5, 5.41) is 0. The largest absolute Gasteiger partial charge is 0.302 e. The van der Waals surface area contributed by atoms with Crippen molar-refractivity contribution in [1.82, 2.24) is 9.80 Å². The van der Waals surface area contributed by atoms with Crippen LogP contribution in [0.3, 0.4) is 0 Å². The van der Waals surface area contributed by atoms with Crippen LogP contribution in [0.1, 0.15) is 60.3 Å². The molecule has 0 spiro atoms. The molecule has 114 valence electrons. The van der Waals surface area contributed by atoms with Crippen LogP contribution in [0.4, 0.5) is 4.39 Å². The maximum absolute atomic E-state index is 13.2. The van der Waals surface area contributed by atoms with E-state index in [1.165, 1.54) is 12.8 Å². The summed E-state index contributed by atoms with van der Waals surface area (Å²) in [4.78, 5) is 4.89. The molecule has 0 saturated carbocycles. The van der Waals surface area contributed by atoms with E-state index in [9.17, 15) is 4.39 Å². The summed E-state index contributed by atoms with van der Waals surface area (Å²) in [6, 6.07) is 0. The number of likely N-dealkylation sites (tertiary alicyclic amines) is 1. The number of piperidine rings is 1. The molecule has 19 heavy (non-hydrogen) atoms. The number of hydrogen-bond donors (Lipinski definition) is 0. The van der Waals surface area contributed by atoms with Crippen LogP contribution in [-0.4, -0.2) is 53.7 Å². The minimum absolute atomic E-state index is 0.186. The van der Waals surface area contributed by atoms with Gasteiger partial charge in [0.2, 0.25) is 0 Å². The van der Waals surface area contributed by atoms with E-state index in [0.29, 0.717) is 12.8 Å². The van der Waals surface area contributed by atoms with E-state index in [-0.39, 0.29) is 11.1 Å². The van der Waals surface area contributed by atoms with Crippen molar-refractivity contribution in [2.75, 3.05) is 26.7 Å². The lowest BCUT2D eigenvalue weighted by molar-refractivity contribution is 0.0424. The molecular formula is C16H33FN2. The Morgan fingerprint density at radius 3 is 2.11 bits per heavy atom. The lowest BCUT2D eigenvalue weighted by atomic mass is 9.86. The summed E-state index contributed by atoms with van der Waals surface area (Å²) < 4.78 is 13.2.